The molecule has 1 saturated heterocycles. The number of nitro benzene ring substituents is 1. The highest BCUT2D eigenvalue weighted by molar-refractivity contribution is 6.33. The lowest BCUT2D eigenvalue weighted by Crippen LogP contribution is -2.38. The molecular formula is C19H21ClN4O7. The number of aromatic nitrogens is 2. The number of nitrogens with zero attached hydrogens (tertiary/aromatic N) is 2. The molecule has 3 rings (SSSR count). The number of carbonyl (C=O) groups excluding carboxylic acids is 1. The smallest absolute Gasteiger partial charge is 0.330 e. The van der Waals surface area contributed by atoms with Gasteiger partial charge in [0.1, 0.15) is 17.4 Å². The predicted octanol–water partition coefficient (Wildman–Crippen LogP) is 0.668. The van der Waals surface area contributed by atoms with Crippen molar-refractivity contribution >= 4 is 23.2 Å². The van der Waals surface area contributed by atoms with Gasteiger partial charge in [0.2, 0.25) is 5.91 Å². The first-order valence-electron chi connectivity index (χ1n) is 9.57. The van der Waals surface area contributed by atoms with Gasteiger partial charge in [-0.2, -0.15) is 0 Å². The minimum atomic E-state index is -0.949. The first kappa shape index (κ1) is 22.7. The van der Waals surface area contributed by atoms with E-state index in [2.05, 4.69) is 10.3 Å². The lowest BCUT2D eigenvalue weighted by Gasteiger charge is -2.17. The van der Waals surface area contributed by atoms with Gasteiger partial charge in [-0.15, -0.1) is 0 Å². The van der Waals surface area contributed by atoms with Gasteiger partial charge in [0.25, 0.3) is 11.2 Å². The highest BCUT2D eigenvalue weighted by atomic mass is 35.5. The normalized spacial score (nSPS) is 20.5. The molecule has 0 saturated carbocycles. The van der Waals surface area contributed by atoms with Gasteiger partial charge in [0, 0.05) is 30.8 Å². The van der Waals surface area contributed by atoms with E-state index >= 15 is 0 Å². The molecule has 2 aromatic rings. The van der Waals surface area contributed by atoms with Crippen molar-refractivity contribution < 1.29 is 19.6 Å². The summed E-state index contributed by atoms with van der Waals surface area (Å²) in [4.78, 5) is 48.6. The summed E-state index contributed by atoms with van der Waals surface area (Å²) < 4.78 is 6.93. The van der Waals surface area contributed by atoms with Gasteiger partial charge in [-0.05, 0) is 12.0 Å². The number of aliphatic hydroxyl groups is 1. The summed E-state index contributed by atoms with van der Waals surface area (Å²) >= 11 is 5.99. The molecule has 11 nitrogen and oxygen atoms in total. The number of aryl methyl sites for hydroxylation is 1. The molecule has 2 heterocycles. The van der Waals surface area contributed by atoms with Crippen LogP contribution < -0.4 is 16.6 Å². The predicted molar refractivity (Wildman–Crippen MR) is 110 cm³/mol. The van der Waals surface area contributed by atoms with Crippen molar-refractivity contribution in [2.24, 2.45) is 0 Å². The number of H-pyrrole nitrogens is 1. The number of hydrogen-bond donors (Lipinski definition) is 3. The van der Waals surface area contributed by atoms with Gasteiger partial charge in [-0.3, -0.25) is 29.3 Å². The van der Waals surface area contributed by atoms with Crippen LogP contribution in [0.15, 0.2) is 34.0 Å². The Morgan fingerprint density at radius 1 is 1.42 bits per heavy atom. The Morgan fingerprint density at radius 3 is 2.84 bits per heavy atom. The lowest BCUT2D eigenvalue weighted by atomic mass is 10.1. The minimum absolute atomic E-state index is 0.0399. The summed E-state index contributed by atoms with van der Waals surface area (Å²) in [7, 11) is 0. The van der Waals surface area contributed by atoms with Gasteiger partial charge in [-0.1, -0.05) is 30.7 Å². The molecule has 31 heavy (non-hydrogen) atoms. The number of hydrogen-bond acceptors (Lipinski definition) is 7. The number of aliphatic hydroxyl groups excluding tert-OH is 1. The number of carbonyl (C=O) groups is 1. The van der Waals surface area contributed by atoms with Crippen LogP contribution in [-0.4, -0.2) is 44.2 Å². The fraction of sp³-hybridized carbons (Fsp3) is 0.421. The van der Waals surface area contributed by atoms with Crippen molar-refractivity contribution in [1.29, 1.82) is 0 Å². The van der Waals surface area contributed by atoms with E-state index in [0.29, 0.717) is 17.5 Å². The molecule has 3 atom stereocenters. The average molecular weight is 453 g/mol. The van der Waals surface area contributed by atoms with Crippen LogP contribution >= 0.6 is 11.6 Å². The Labute approximate surface area is 180 Å². The summed E-state index contributed by atoms with van der Waals surface area (Å²) in [5, 5.41) is 23.7. The van der Waals surface area contributed by atoms with E-state index < -0.39 is 40.5 Å². The number of ether oxygens (including phenoxy) is 1. The molecule has 1 aliphatic heterocycles. The number of amides is 1. The van der Waals surface area contributed by atoms with Crippen molar-refractivity contribution in [3.8, 4) is 0 Å². The average Bonchev–Trinajstić information content (AvgIpc) is 3.08. The number of benzene rings is 1. The molecule has 0 bridgehead atoms. The number of nitrogens with one attached hydrogen (secondary N) is 2. The quantitative estimate of drug-likeness (QED) is 0.411. The third kappa shape index (κ3) is 5.01. The van der Waals surface area contributed by atoms with Crippen LogP contribution in [0.3, 0.4) is 0 Å². The standard InChI is InChI=1S/C19H21ClN4O7/c1-2-10-9-23(19(28)22-18(10)27)16-7-13(25)14(31-16)8-21-15(26)6-11-4-3-5-12(17(11)20)24(29)30/h3-5,9,13-14,16,25H,2,6-8H2,1H3,(H,21,26)(H,22,27,28)/t13?,14-,16-/m0/s1. The Morgan fingerprint density at radius 2 is 2.16 bits per heavy atom. The number of rotatable bonds is 7. The first-order valence-corrected chi connectivity index (χ1v) is 9.95. The third-order valence-electron chi connectivity index (χ3n) is 5.04. The molecule has 12 heteroatoms. The molecule has 1 fully saturated rings. The van der Waals surface area contributed by atoms with Crippen molar-refractivity contribution in [2.75, 3.05) is 6.54 Å². The van der Waals surface area contributed by atoms with Gasteiger partial charge in [0.05, 0.1) is 17.4 Å². The molecule has 1 unspecified atom stereocenters. The largest absolute Gasteiger partial charge is 0.390 e. The molecule has 1 aromatic heterocycles. The Hall–Kier alpha value is -3.02. The highest BCUT2D eigenvalue weighted by Gasteiger charge is 2.35. The second-order valence-corrected chi connectivity index (χ2v) is 7.47. The van der Waals surface area contributed by atoms with Crippen LogP contribution in [0, 0.1) is 10.1 Å². The topological polar surface area (TPSA) is 157 Å². The summed E-state index contributed by atoms with van der Waals surface area (Å²) in [5.41, 5.74) is -0.702. The third-order valence-corrected chi connectivity index (χ3v) is 5.48. The molecule has 1 aromatic carbocycles. The summed E-state index contributed by atoms with van der Waals surface area (Å²) in [5.74, 6) is -0.462. The Bertz CT molecular complexity index is 1110. The second-order valence-electron chi connectivity index (χ2n) is 7.09. The molecule has 0 radical (unpaired) electrons. The fourth-order valence-electron chi connectivity index (χ4n) is 3.36. The zero-order valence-corrected chi connectivity index (χ0v) is 17.3. The molecule has 3 N–H and O–H groups in total. The summed E-state index contributed by atoms with van der Waals surface area (Å²) in [6.45, 7) is 1.73. The molecule has 0 spiro atoms. The number of aromatic amines is 1. The Balaban J connectivity index is 1.63. The zero-order valence-electron chi connectivity index (χ0n) is 16.5. The van der Waals surface area contributed by atoms with E-state index in [1.807, 2.05) is 0 Å². The second kappa shape index (κ2) is 9.41. The van der Waals surface area contributed by atoms with Crippen LogP contribution in [0.2, 0.25) is 5.02 Å². The summed E-state index contributed by atoms with van der Waals surface area (Å²) in [6.07, 6.45) is -0.779. The highest BCUT2D eigenvalue weighted by Crippen LogP contribution is 2.29. The van der Waals surface area contributed by atoms with E-state index in [4.69, 9.17) is 16.3 Å². The van der Waals surface area contributed by atoms with Crippen LogP contribution in [0.25, 0.3) is 0 Å². The van der Waals surface area contributed by atoms with Gasteiger partial charge in [-0.25, -0.2) is 4.79 Å². The molecule has 1 aliphatic rings. The van der Waals surface area contributed by atoms with Crippen molar-refractivity contribution in [1.82, 2.24) is 14.9 Å². The maximum atomic E-state index is 12.3. The van der Waals surface area contributed by atoms with Crippen LogP contribution in [0.5, 0.6) is 0 Å². The van der Waals surface area contributed by atoms with Gasteiger partial charge < -0.3 is 15.2 Å². The van der Waals surface area contributed by atoms with E-state index in [9.17, 15) is 29.6 Å². The molecular weight excluding hydrogens is 432 g/mol. The zero-order chi connectivity index (χ0) is 22.7. The molecule has 0 aliphatic carbocycles. The van der Waals surface area contributed by atoms with Crippen molar-refractivity contribution in [3.05, 3.63) is 71.5 Å². The monoisotopic (exact) mass is 452 g/mol. The number of nitro groups is 1. The van der Waals surface area contributed by atoms with Crippen molar-refractivity contribution in [3.63, 3.8) is 0 Å². The van der Waals surface area contributed by atoms with Gasteiger partial charge in [0.15, 0.2) is 0 Å². The maximum Gasteiger partial charge on any atom is 0.330 e. The van der Waals surface area contributed by atoms with E-state index in [-0.39, 0.29) is 30.1 Å². The van der Waals surface area contributed by atoms with Crippen LogP contribution in [0.1, 0.15) is 30.7 Å². The van der Waals surface area contributed by atoms with E-state index in [1.54, 1.807) is 6.92 Å². The van der Waals surface area contributed by atoms with Crippen molar-refractivity contribution in [2.45, 2.75) is 44.6 Å². The first-order chi connectivity index (χ1) is 14.7. The van der Waals surface area contributed by atoms with E-state index in [0.717, 1.165) is 0 Å². The Kier molecular flexibility index (Phi) is 6.88. The minimum Gasteiger partial charge on any atom is -0.390 e. The summed E-state index contributed by atoms with van der Waals surface area (Å²) in [6, 6.07) is 4.20. The number of halogens is 1. The van der Waals surface area contributed by atoms with Crippen LogP contribution in [-0.2, 0) is 22.4 Å². The SMILES string of the molecule is CCc1cn([C@@H]2CC(O)[C@H](CNC(=O)Cc3cccc([N+](=O)[O-])c3Cl)O2)c(=O)[nH]c1=O. The van der Waals surface area contributed by atoms with E-state index in [1.165, 1.54) is 29.0 Å². The van der Waals surface area contributed by atoms with Gasteiger partial charge >= 0.3 is 5.69 Å². The lowest BCUT2D eigenvalue weighted by molar-refractivity contribution is -0.384. The maximum absolute atomic E-state index is 12.3. The van der Waals surface area contributed by atoms with Crippen LogP contribution in [0.4, 0.5) is 5.69 Å². The molecule has 166 valence electrons. The fourth-order valence-corrected chi connectivity index (χ4v) is 3.62. The molecule has 1 amide bonds.